The van der Waals surface area contributed by atoms with Crippen LogP contribution in [0.15, 0.2) is 138 Å². The minimum absolute atomic E-state index is 0.131. The summed E-state index contributed by atoms with van der Waals surface area (Å²) in [6, 6.07) is 40.6. The number of nitrogens with two attached hydrogens (primary N) is 1. The quantitative estimate of drug-likeness (QED) is 0.0652. The van der Waals surface area contributed by atoms with Crippen molar-refractivity contribution in [2.24, 2.45) is 4.99 Å². The number of carbonyl (C=O) groups is 2. The van der Waals surface area contributed by atoms with Gasteiger partial charge in [0.05, 0.1) is 51.4 Å². The minimum Gasteiger partial charge on any atom is -0.464 e. The molecule has 0 spiro atoms. The fourth-order valence-corrected chi connectivity index (χ4v) is 8.18. The van der Waals surface area contributed by atoms with Gasteiger partial charge in [0.1, 0.15) is 11.4 Å². The fourth-order valence-electron chi connectivity index (χ4n) is 7.07. The molecule has 2 N–H and O–H groups in total. The van der Waals surface area contributed by atoms with E-state index in [2.05, 4.69) is 21.3 Å². The number of esters is 2. The molecule has 0 fully saturated rings. The number of hydrogen-bond donors (Lipinski definition) is 1. The number of aryl methyl sites for hydroxylation is 2. The van der Waals surface area contributed by atoms with Gasteiger partial charge in [0.2, 0.25) is 6.08 Å². The average Bonchev–Trinajstić information content (AvgIpc) is 3.92. The SMILES string of the molecule is COC(=O)c1cc(-c2ccc(-c3cccc(N)c3)cc2C)n(-c2c(Cl)cccc2Cl)n1.COC(=O)c1cc(-c2ccc(-c3cccc(N=C=O)c3)cc2C)n(-c2c(Cl)cccc2Cl)n1. The molecule has 2 aromatic heterocycles. The molecular weight excluding hydrogens is 894 g/mol. The number of ether oxygens (including phenoxy) is 2. The lowest BCUT2D eigenvalue weighted by Gasteiger charge is -2.14. The molecule has 0 aliphatic rings. The van der Waals surface area contributed by atoms with E-state index in [1.807, 2.05) is 86.6 Å². The zero-order chi connectivity index (χ0) is 45.7. The highest BCUT2D eigenvalue weighted by molar-refractivity contribution is 6.38. The predicted molar refractivity (Wildman–Crippen MR) is 253 cm³/mol. The smallest absolute Gasteiger partial charge is 0.358 e. The molecule has 6 aromatic carbocycles. The summed E-state index contributed by atoms with van der Waals surface area (Å²) in [6.07, 6.45) is 1.56. The molecule has 2 heterocycles. The van der Waals surface area contributed by atoms with Gasteiger partial charge in [-0.2, -0.15) is 15.2 Å². The van der Waals surface area contributed by atoms with Gasteiger partial charge >= 0.3 is 11.9 Å². The second-order valence-corrected chi connectivity index (χ2v) is 15.8. The van der Waals surface area contributed by atoms with E-state index in [9.17, 15) is 14.4 Å². The highest BCUT2D eigenvalue weighted by atomic mass is 35.5. The van der Waals surface area contributed by atoms with Crippen LogP contribution in [-0.2, 0) is 14.3 Å². The normalized spacial score (nSPS) is 10.7. The number of hydrogen-bond acceptors (Lipinski definition) is 9. The van der Waals surface area contributed by atoms with Crippen molar-refractivity contribution < 1.29 is 23.9 Å². The Morgan fingerprint density at radius 2 is 0.969 bits per heavy atom. The lowest BCUT2D eigenvalue weighted by molar-refractivity contribution is 0.0584. The molecule has 11 nitrogen and oxygen atoms in total. The average molecular weight is 931 g/mol. The van der Waals surface area contributed by atoms with Crippen LogP contribution in [0.25, 0.3) is 56.1 Å². The molecule has 0 unspecified atom stereocenters. The van der Waals surface area contributed by atoms with E-state index in [1.165, 1.54) is 14.2 Å². The second-order valence-electron chi connectivity index (χ2n) is 14.2. The van der Waals surface area contributed by atoms with E-state index in [-0.39, 0.29) is 11.4 Å². The summed E-state index contributed by atoms with van der Waals surface area (Å²) in [5, 5.41) is 10.5. The Hall–Kier alpha value is -6.98. The first-order valence-electron chi connectivity index (χ1n) is 19.3. The monoisotopic (exact) mass is 928 g/mol. The van der Waals surface area contributed by atoms with Crippen LogP contribution in [0.3, 0.4) is 0 Å². The van der Waals surface area contributed by atoms with Gasteiger partial charge in [-0.25, -0.2) is 23.7 Å². The Kier molecular flexibility index (Phi) is 13.8. The van der Waals surface area contributed by atoms with Gasteiger partial charge < -0.3 is 15.2 Å². The molecule has 64 heavy (non-hydrogen) atoms. The van der Waals surface area contributed by atoms with E-state index in [4.69, 9.17) is 61.6 Å². The van der Waals surface area contributed by atoms with Crippen molar-refractivity contribution in [1.29, 1.82) is 0 Å². The van der Waals surface area contributed by atoms with Gasteiger partial charge in [-0.1, -0.05) is 119 Å². The van der Waals surface area contributed by atoms with Crippen LogP contribution in [0, 0.1) is 13.8 Å². The summed E-state index contributed by atoms with van der Waals surface area (Å²) >= 11 is 25.7. The molecule has 8 aromatic rings. The predicted octanol–water partition coefficient (Wildman–Crippen LogP) is 12.8. The first kappa shape index (κ1) is 45.1. The van der Waals surface area contributed by atoms with E-state index < -0.39 is 11.9 Å². The van der Waals surface area contributed by atoms with Crippen LogP contribution in [0.1, 0.15) is 32.1 Å². The van der Waals surface area contributed by atoms with Gasteiger partial charge in [-0.05, 0) is 108 Å². The van der Waals surface area contributed by atoms with Crippen molar-refractivity contribution in [3.63, 3.8) is 0 Å². The van der Waals surface area contributed by atoms with Crippen LogP contribution in [0.2, 0.25) is 20.1 Å². The lowest BCUT2D eigenvalue weighted by atomic mass is 9.98. The van der Waals surface area contributed by atoms with E-state index in [0.29, 0.717) is 54.2 Å². The van der Waals surface area contributed by atoms with Crippen LogP contribution < -0.4 is 5.73 Å². The number of rotatable bonds is 9. The summed E-state index contributed by atoms with van der Waals surface area (Å²) in [5.41, 5.74) is 17.2. The number of nitrogen functional groups attached to an aromatic ring is 1. The number of halogens is 4. The van der Waals surface area contributed by atoms with Crippen molar-refractivity contribution in [2.45, 2.75) is 13.8 Å². The third-order valence-corrected chi connectivity index (χ3v) is 11.3. The van der Waals surface area contributed by atoms with Crippen molar-refractivity contribution in [1.82, 2.24) is 19.6 Å². The van der Waals surface area contributed by atoms with E-state index in [1.54, 1.807) is 70.0 Å². The van der Waals surface area contributed by atoms with Gasteiger partial charge in [0.25, 0.3) is 0 Å². The molecule has 0 saturated heterocycles. The zero-order valence-corrected chi connectivity index (χ0v) is 37.6. The van der Waals surface area contributed by atoms with Crippen molar-refractivity contribution in [3.8, 4) is 56.1 Å². The topological polar surface area (TPSA) is 144 Å². The second kappa shape index (κ2) is 19.6. The first-order chi connectivity index (χ1) is 30.8. The Morgan fingerprint density at radius 1 is 0.562 bits per heavy atom. The molecule has 0 amide bonds. The van der Waals surface area contributed by atoms with Crippen molar-refractivity contribution >= 4 is 75.8 Å². The van der Waals surface area contributed by atoms with E-state index in [0.717, 1.165) is 44.5 Å². The number of nitrogens with zero attached hydrogens (tertiary/aromatic N) is 5. The maximum atomic E-state index is 12.2. The minimum atomic E-state index is -0.569. The summed E-state index contributed by atoms with van der Waals surface area (Å²) in [4.78, 5) is 38.7. The third kappa shape index (κ3) is 9.50. The molecule has 0 atom stereocenters. The number of benzene rings is 6. The number of isocyanates is 1. The zero-order valence-electron chi connectivity index (χ0n) is 34.6. The van der Waals surface area contributed by atoms with E-state index >= 15 is 0 Å². The highest BCUT2D eigenvalue weighted by Crippen LogP contribution is 2.38. The van der Waals surface area contributed by atoms with Gasteiger partial charge in [0.15, 0.2) is 11.4 Å². The number of carbonyl (C=O) groups excluding carboxylic acids is 3. The third-order valence-electron chi connectivity index (χ3n) is 10.1. The number of aliphatic imine (C=N–C) groups is 1. The van der Waals surface area contributed by atoms with Crippen LogP contribution in [0.4, 0.5) is 11.4 Å². The maximum Gasteiger partial charge on any atom is 0.358 e. The lowest BCUT2D eigenvalue weighted by Crippen LogP contribution is -2.05. The molecule has 0 aliphatic carbocycles. The highest BCUT2D eigenvalue weighted by Gasteiger charge is 2.23. The molecule has 0 saturated carbocycles. The number of anilines is 1. The summed E-state index contributed by atoms with van der Waals surface area (Å²) in [6.45, 7) is 3.95. The summed E-state index contributed by atoms with van der Waals surface area (Å²) in [5.74, 6) is -1.11. The maximum absolute atomic E-state index is 12.2. The Labute approximate surface area is 388 Å². The number of para-hydroxylation sites is 2. The Bertz CT molecular complexity index is 3100. The molecule has 0 bridgehead atoms. The van der Waals surface area contributed by atoms with Crippen molar-refractivity contribution in [3.05, 3.63) is 176 Å². The van der Waals surface area contributed by atoms with Gasteiger partial charge in [-0.3, -0.25) is 0 Å². The first-order valence-corrected chi connectivity index (χ1v) is 20.8. The summed E-state index contributed by atoms with van der Waals surface area (Å²) < 4.78 is 12.9. The number of methoxy groups -OCH3 is 2. The Balaban J connectivity index is 0.000000192. The number of aromatic nitrogens is 4. The Morgan fingerprint density at radius 3 is 1.38 bits per heavy atom. The summed E-state index contributed by atoms with van der Waals surface area (Å²) in [7, 11) is 2.61. The van der Waals surface area contributed by atoms with Gasteiger partial charge in [0, 0.05) is 16.8 Å². The van der Waals surface area contributed by atoms with Crippen LogP contribution in [0.5, 0.6) is 0 Å². The molecule has 320 valence electrons. The molecule has 15 heteroatoms. The van der Waals surface area contributed by atoms with Crippen molar-refractivity contribution in [2.75, 3.05) is 20.0 Å². The molecule has 0 aliphatic heterocycles. The molecule has 8 rings (SSSR count). The van der Waals surface area contributed by atoms with Crippen LogP contribution >= 0.6 is 46.4 Å². The van der Waals surface area contributed by atoms with Gasteiger partial charge in [-0.15, -0.1) is 0 Å². The molecule has 0 radical (unpaired) electrons. The molecular formula is C49H36Cl4N6O5. The standard InChI is InChI=1S/C25H17Cl2N3O3.C24H19Cl2N3O2/c1-15-11-17(16-5-3-6-18(12-16)28-14-31)9-10-19(15)23-13-22(25(32)33-2)29-30(23)24-20(26)7-4-8-21(24)27;1-14-11-16(15-5-3-6-17(27)12-15)9-10-18(14)22-13-21(24(30)31-2)28-29(22)23-19(25)7-4-8-20(23)26/h3-13H,1-2H3;3-13H,27H2,1-2H3. The largest absolute Gasteiger partial charge is 0.464 e. The fraction of sp³-hybridized carbons (Fsp3) is 0.0816. The van der Waals surface area contributed by atoms with Crippen LogP contribution in [-0.4, -0.2) is 51.8 Å².